The Kier molecular flexibility index (Phi) is 5.03. The van der Waals surface area contributed by atoms with Gasteiger partial charge in [0.15, 0.2) is 5.75 Å². The molecule has 0 aliphatic heterocycles. The van der Waals surface area contributed by atoms with Gasteiger partial charge in [-0.3, -0.25) is 10.1 Å². The lowest BCUT2D eigenvalue weighted by Gasteiger charge is -2.21. The molecule has 0 bridgehead atoms. The Balaban J connectivity index is 3.00. The molecule has 0 radical (unpaired) electrons. The van der Waals surface area contributed by atoms with Crippen LogP contribution in [0.1, 0.15) is 26.7 Å². The maximum absolute atomic E-state index is 13.1. The molecule has 0 amide bonds. The maximum atomic E-state index is 13.1. The Bertz CT molecular complexity index is 425. The van der Waals surface area contributed by atoms with Crippen LogP contribution in [-0.2, 0) is 0 Å². The Morgan fingerprint density at radius 1 is 1.44 bits per heavy atom. The molecule has 5 nitrogen and oxygen atoms in total. The topological polar surface area (TPSA) is 72.6 Å². The summed E-state index contributed by atoms with van der Waals surface area (Å²) in [6, 6.07) is 3.01. The number of hydrogen-bond donors (Lipinski definition) is 1. The number of benzene rings is 1. The molecule has 100 valence electrons. The smallest absolute Gasteiger partial charge is 0.311 e. The Morgan fingerprint density at radius 3 is 2.61 bits per heavy atom. The molecular weight excluding hydrogens is 241 g/mol. The molecule has 0 saturated heterocycles. The van der Waals surface area contributed by atoms with Gasteiger partial charge < -0.3 is 9.84 Å². The van der Waals surface area contributed by atoms with E-state index < -0.39 is 22.9 Å². The van der Waals surface area contributed by atoms with Crippen molar-refractivity contribution in [1.82, 2.24) is 0 Å². The Hall–Kier alpha value is -1.69. The maximum Gasteiger partial charge on any atom is 0.311 e. The first-order chi connectivity index (χ1) is 8.49. The first-order valence-electron chi connectivity index (χ1n) is 5.78. The molecule has 18 heavy (non-hydrogen) atoms. The summed E-state index contributed by atoms with van der Waals surface area (Å²) < 4.78 is 18.4. The lowest BCUT2D eigenvalue weighted by atomic mass is 10.1. The van der Waals surface area contributed by atoms with Gasteiger partial charge in [0.2, 0.25) is 0 Å². The van der Waals surface area contributed by atoms with Crippen molar-refractivity contribution in [3.05, 3.63) is 34.1 Å². The number of halogens is 1. The second-order valence-electron chi connectivity index (χ2n) is 3.91. The van der Waals surface area contributed by atoms with Gasteiger partial charge in [-0.15, -0.1) is 0 Å². The molecule has 0 aliphatic carbocycles. The molecule has 0 unspecified atom stereocenters. The highest BCUT2D eigenvalue weighted by Crippen LogP contribution is 2.29. The third-order valence-electron chi connectivity index (χ3n) is 2.65. The average molecular weight is 257 g/mol. The van der Waals surface area contributed by atoms with Crippen molar-refractivity contribution in [1.29, 1.82) is 0 Å². The van der Waals surface area contributed by atoms with Crippen molar-refractivity contribution in [2.24, 2.45) is 0 Å². The summed E-state index contributed by atoms with van der Waals surface area (Å²) in [6.07, 6.45) is -0.391. The summed E-state index contributed by atoms with van der Waals surface area (Å²) in [5.74, 6) is -0.768. The first kappa shape index (κ1) is 14.4. The number of nitrogens with zero attached hydrogens (tertiary/aromatic N) is 1. The van der Waals surface area contributed by atoms with E-state index in [4.69, 9.17) is 4.74 Å². The van der Waals surface area contributed by atoms with Crippen LogP contribution in [0.25, 0.3) is 0 Å². The van der Waals surface area contributed by atoms with Crippen molar-refractivity contribution in [3.63, 3.8) is 0 Å². The van der Waals surface area contributed by atoms with E-state index in [-0.39, 0.29) is 11.4 Å². The molecule has 1 aromatic rings. The fraction of sp³-hybridized carbons (Fsp3) is 0.500. The van der Waals surface area contributed by atoms with Crippen LogP contribution in [0, 0.1) is 15.9 Å². The van der Waals surface area contributed by atoms with Crippen LogP contribution < -0.4 is 4.74 Å². The van der Waals surface area contributed by atoms with Gasteiger partial charge in [-0.05, 0) is 18.9 Å². The second-order valence-corrected chi connectivity index (χ2v) is 3.91. The fourth-order valence-electron chi connectivity index (χ4n) is 1.59. The summed E-state index contributed by atoms with van der Waals surface area (Å²) in [7, 11) is 0. The SMILES string of the molecule is CC[C@@H](O)[C@@H](CC)Oc1cc(F)ccc1[N+](=O)[O-]. The largest absolute Gasteiger partial charge is 0.481 e. The average Bonchev–Trinajstić information content (AvgIpc) is 2.34. The highest BCUT2D eigenvalue weighted by molar-refractivity contribution is 5.46. The van der Waals surface area contributed by atoms with Gasteiger partial charge in [-0.1, -0.05) is 13.8 Å². The lowest BCUT2D eigenvalue weighted by Crippen LogP contribution is -2.30. The molecule has 0 heterocycles. The van der Waals surface area contributed by atoms with Crippen molar-refractivity contribution >= 4 is 5.69 Å². The Labute approximate surface area is 104 Å². The van der Waals surface area contributed by atoms with E-state index in [2.05, 4.69) is 0 Å². The second kappa shape index (κ2) is 6.30. The van der Waals surface area contributed by atoms with Gasteiger partial charge in [0.1, 0.15) is 11.9 Å². The number of aliphatic hydroxyl groups is 1. The minimum atomic E-state index is -0.738. The number of nitro groups is 1. The van der Waals surface area contributed by atoms with E-state index >= 15 is 0 Å². The van der Waals surface area contributed by atoms with Crippen molar-refractivity contribution in [3.8, 4) is 5.75 Å². The summed E-state index contributed by atoms with van der Waals surface area (Å²) in [5, 5.41) is 20.5. The van der Waals surface area contributed by atoms with Crippen LogP contribution in [0.3, 0.4) is 0 Å². The van der Waals surface area contributed by atoms with Gasteiger partial charge >= 0.3 is 5.69 Å². The summed E-state index contributed by atoms with van der Waals surface area (Å²) in [6.45, 7) is 3.56. The van der Waals surface area contributed by atoms with Crippen LogP contribution >= 0.6 is 0 Å². The van der Waals surface area contributed by atoms with Crippen LogP contribution in [0.4, 0.5) is 10.1 Å². The summed E-state index contributed by atoms with van der Waals surface area (Å²) >= 11 is 0. The van der Waals surface area contributed by atoms with Gasteiger partial charge in [0.25, 0.3) is 0 Å². The molecule has 6 heteroatoms. The van der Waals surface area contributed by atoms with Crippen LogP contribution in [-0.4, -0.2) is 22.2 Å². The highest BCUT2D eigenvalue weighted by atomic mass is 19.1. The van der Waals surface area contributed by atoms with Crippen molar-refractivity contribution in [2.45, 2.75) is 38.9 Å². The third kappa shape index (κ3) is 3.40. The molecule has 0 fully saturated rings. The number of hydrogen-bond acceptors (Lipinski definition) is 4. The zero-order valence-corrected chi connectivity index (χ0v) is 10.3. The van der Waals surface area contributed by atoms with Crippen LogP contribution in [0.2, 0.25) is 0 Å². The predicted molar refractivity (Wildman–Crippen MR) is 64.1 cm³/mol. The molecule has 0 aliphatic rings. The zero-order valence-electron chi connectivity index (χ0n) is 10.3. The highest BCUT2D eigenvalue weighted by Gasteiger charge is 2.23. The molecular formula is C12H16FNO4. The molecule has 0 aromatic heterocycles. The molecule has 0 saturated carbocycles. The number of aliphatic hydroxyl groups excluding tert-OH is 1. The van der Waals surface area contributed by atoms with Crippen LogP contribution in [0.15, 0.2) is 18.2 Å². The zero-order chi connectivity index (χ0) is 13.7. The molecule has 1 N–H and O–H groups in total. The van der Waals surface area contributed by atoms with Gasteiger partial charge in [-0.2, -0.15) is 0 Å². The quantitative estimate of drug-likeness (QED) is 0.628. The number of rotatable bonds is 6. The van der Waals surface area contributed by atoms with E-state index in [1.54, 1.807) is 13.8 Å². The van der Waals surface area contributed by atoms with Crippen molar-refractivity contribution < 1.29 is 19.2 Å². The molecule has 0 spiro atoms. The predicted octanol–water partition coefficient (Wildman–Crippen LogP) is 2.66. The standard InChI is InChI=1S/C12H16FNO4/c1-3-10(15)11(4-2)18-12-7-8(13)5-6-9(12)14(16)17/h5-7,10-11,15H,3-4H2,1-2H3/t10-,11-/m1/s1. The first-order valence-corrected chi connectivity index (χ1v) is 5.78. The monoisotopic (exact) mass is 257 g/mol. The normalized spacial score (nSPS) is 14.0. The lowest BCUT2D eigenvalue weighted by molar-refractivity contribution is -0.386. The third-order valence-corrected chi connectivity index (χ3v) is 2.65. The van der Waals surface area contributed by atoms with Gasteiger partial charge in [-0.25, -0.2) is 4.39 Å². The van der Waals surface area contributed by atoms with Crippen LogP contribution in [0.5, 0.6) is 5.75 Å². The summed E-state index contributed by atoms with van der Waals surface area (Å²) in [5.41, 5.74) is -0.307. The van der Waals surface area contributed by atoms with Gasteiger partial charge in [0.05, 0.1) is 11.0 Å². The van der Waals surface area contributed by atoms with Gasteiger partial charge in [0, 0.05) is 12.1 Å². The van der Waals surface area contributed by atoms with E-state index in [0.29, 0.717) is 12.8 Å². The molecule has 1 rings (SSSR count). The minimum Gasteiger partial charge on any atom is -0.481 e. The summed E-state index contributed by atoms with van der Waals surface area (Å²) in [4.78, 5) is 10.1. The van der Waals surface area contributed by atoms with Crippen molar-refractivity contribution in [2.75, 3.05) is 0 Å². The van der Waals surface area contributed by atoms with E-state index in [9.17, 15) is 19.6 Å². The minimum absolute atomic E-state index is 0.153. The van der Waals surface area contributed by atoms with E-state index in [0.717, 1.165) is 18.2 Å². The fourth-order valence-corrected chi connectivity index (χ4v) is 1.59. The van der Waals surface area contributed by atoms with E-state index in [1.807, 2.05) is 0 Å². The Morgan fingerprint density at radius 2 is 2.11 bits per heavy atom. The number of ether oxygens (including phenoxy) is 1. The van der Waals surface area contributed by atoms with E-state index in [1.165, 1.54) is 0 Å². The molecule has 1 aromatic carbocycles. The number of nitro benzene ring substituents is 1. The molecule has 2 atom stereocenters.